The zero-order valence-corrected chi connectivity index (χ0v) is 16.0. The summed E-state index contributed by atoms with van der Waals surface area (Å²) in [7, 11) is 0. The largest absolute Gasteiger partial charge is 0.294 e. The van der Waals surface area contributed by atoms with Crippen LogP contribution in [0.4, 0.5) is 0 Å². The summed E-state index contributed by atoms with van der Waals surface area (Å²) in [5.41, 5.74) is 5.73. The molecule has 0 aliphatic heterocycles. The fourth-order valence-electron chi connectivity index (χ4n) is 4.91. The zero-order valence-electron chi connectivity index (χ0n) is 16.0. The maximum atomic E-state index is 12.8. The maximum Gasteiger partial charge on any atom is 0.163 e. The summed E-state index contributed by atoms with van der Waals surface area (Å²) >= 11 is 0. The number of hydrogen-bond donors (Lipinski definition) is 0. The predicted molar refractivity (Wildman–Crippen MR) is 109 cm³/mol. The molecule has 2 aliphatic carbocycles. The van der Waals surface area contributed by atoms with Crippen molar-refractivity contribution < 1.29 is 4.79 Å². The second-order valence-corrected chi connectivity index (χ2v) is 8.17. The monoisotopic (exact) mass is 369 g/mol. The molecule has 0 amide bonds. The smallest absolute Gasteiger partial charge is 0.163 e. The first-order chi connectivity index (χ1) is 13.6. The van der Waals surface area contributed by atoms with Crippen molar-refractivity contribution in [2.45, 2.75) is 32.6 Å². The summed E-state index contributed by atoms with van der Waals surface area (Å²) in [5, 5.41) is 4.63. The number of Topliss-reactive ketones (excluding diaryl/α,β-unsaturated/α-hetero) is 1. The molecule has 4 nitrogen and oxygen atoms in total. The van der Waals surface area contributed by atoms with Crippen molar-refractivity contribution in [1.82, 2.24) is 14.8 Å². The van der Waals surface area contributed by atoms with Gasteiger partial charge in [-0.15, -0.1) is 0 Å². The third kappa shape index (κ3) is 2.71. The lowest BCUT2D eigenvalue weighted by Crippen LogP contribution is -2.30. The summed E-state index contributed by atoms with van der Waals surface area (Å²) in [6.07, 6.45) is 11.6. The van der Waals surface area contributed by atoms with Crippen molar-refractivity contribution in [2.75, 3.05) is 0 Å². The van der Waals surface area contributed by atoms with Gasteiger partial charge in [0.05, 0.1) is 23.8 Å². The number of carbonyl (C=O) groups is 1. The number of rotatable bonds is 4. The minimum atomic E-state index is 0.0419. The second-order valence-electron chi connectivity index (χ2n) is 8.17. The average molecular weight is 369 g/mol. The van der Waals surface area contributed by atoms with E-state index in [2.05, 4.69) is 23.1 Å². The van der Waals surface area contributed by atoms with Crippen LogP contribution >= 0.6 is 0 Å². The van der Waals surface area contributed by atoms with E-state index in [1.807, 2.05) is 59.5 Å². The standard InChI is InChI=1S/C24H23N3O/c1-24-14-18-15-26-27(21-8-5-11-25-16-21)22(18)12-19(24)9-10-20(24)13-23(28)17-6-3-2-4-7-17/h2-8,11-12,15-16,20H,9-10,13-14H2,1H3/t20-,24+/m1/s1. The van der Waals surface area contributed by atoms with E-state index in [1.54, 1.807) is 6.20 Å². The van der Waals surface area contributed by atoms with Crippen molar-refractivity contribution in [1.29, 1.82) is 0 Å². The van der Waals surface area contributed by atoms with Crippen LogP contribution in [-0.2, 0) is 6.42 Å². The minimum absolute atomic E-state index is 0.0419. The van der Waals surface area contributed by atoms with Crippen LogP contribution in [0.1, 0.15) is 47.8 Å². The molecule has 2 aliphatic rings. The fraction of sp³-hybridized carbons (Fsp3) is 0.292. The number of fused-ring (bicyclic) bond motifs is 2. The van der Waals surface area contributed by atoms with Gasteiger partial charge in [0.15, 0.2) is 5.78 Å². The third-order valence-electron chi connectivity index (χ3n) is 6.57. The Morgan fingerprint density at radius 3 is 2.82 bits per heavy atom. The molecular weight excluding hydrogens is 346 g/mol. The molecule has 1 fully saturated rings. The molecule has 2 aromatic heterocycles. The van der Waals surface area contributed by atoms with Crippen LogP contribution in [0.3, 0.4) is 0 Å². The molecule has 0 saturated heterocycles. The number of benzene rings is 1. The molecule has 2 atom stereocenters. The lowest BCUT2D eigenvalue weighted by atomic mass is 9.68. The first-order valence-corrected chi connectivity index (χ1v) is 9.92. The van der Waals surface area contributed by atoms with Crippen molar-refractivity contribution in [3.05, 3.63) is 83.4 Å². The first-order valence-electron chi connectivity index (χ1n) is 9.92. The van der Waals surface area contributed by atoms with Gasteiger partial charge in [-0.1, -0.05) is 42.8 Å². The van der Waals surface area contributed by atoms with Gasteiger partial charge in [0.1, 0.15) is 0 Å². The number of ketones is 1. The van der Waals surface area contributed by atoms with E-state index in [9.17, 15) is 4.79 Å². The minimum Gasteiger partial charge on any atom is -0.294 e. The Kier molecular flexibility index (Phi) is 4.00. The second kappa shape index (κ2) is 6.55. The molecule has 0 spiro atoms. The van der Waals surface area contributed by atoms with Crippen LogP contribution < -0.4 is 0 Å². The molecule has 28 heavy (non-hydrogen) atoms. The van der Waals surface area contributed by atoms with E-state index >= 15 is 0 Å². The normalized spacial score (nSPS) is 23.0. The molecule has 0 radical (unpaired) electrons. The highest BCUT2D eigenvalue weighted by atomic mass is 16.1. The fourth-order valence-corrected chi connectivity index (χ4v) is 4.91. The van der Waals surface area contributed by atoms with Crippen LogP contribution in [-0.4, -0.2) is 20.5 Å². The Morgan fingerprint density at radius 1 is 1.18 bits per heavy atom. The van der Waals surface area contributed by atoms with Crippen LogP contribution in [0.2, 0.25) is 0 Å². The zero-order chi connectivity index (χ0) is 19.1. The molecule has 1 aromatic carbocycles. The van der Waals surface area contributed by atoms with Crippen LogP contribution in [0.15, 0.2) is 66.6 Å². The Labute approximate surface area is 164 Å². The van der Waals surface area contributed by atoms with E-state index in [0.29, 0.717) is 12.3 Å². The molecular formula is C24H23N3O. The molecule has 0 N–H and O–H groups in total. The molecule has 0 bridgehead atoms. The molecule has 140 valence electrons. The topological polar surface area (TPSA) is 47.8 Å². The molecule has 4 heteroatoms. The maximum absolute atomic E-state index is 12.8. The van der Waals surface area contributed by atoms with Gasteiger partial charge in [-0.25, -0.2) is 4.68 Å². The quantitative estimate of drug-likeness (QED) is 0.615. The number of nitrogens with zero attached hydrogens (tertiary/aromatic N) is 3. The number of aromatic nitrogens is 3. The van der Waals surface area contributed by atoms with Crippen LogP contribution in [0, 0.1) is 11.3 Å². The van der Waals surface area contributed by atoms with Crippen LogP contribution in [0.5, 0.6) is 0 Å². The van der Waals surface area contributed by atoms with Gasteiger partial charge in [0.2, 0.25) is 0 Å². The number of carbonyl (C=O) groups excluding carboxylic acids is 1. The van der Waals surface area contributed by atoms with Gasteiger partial charge in [-0.05, 0) is 54.4 Å². The number of pyridine rings is 1. The van der Waals surface area contributed by atoms with Crippen LogP contribution in [0.25, 0.3) is 11.8 Å². The van der Waals surface area contributed by atoms with E-state index < -0.39 is 0 Å². The van der Waals surface area contributed by atoms with Gasteiger partial charge < -0.3 is 0 Å². The summed E-state index contributed by atoms with van der Waals surface area (Å²) < 4.78 is 1.98. The summed E-state index contributed by atoms with van der Waals surface area (Å²) in [5.74, 6) is 0.631. The SMILES string of the molecule is C[C@]12Cc3cnn(-c4cccnc4)c3C=C1CC[C@@H]2CC(=O)c1ccccc1. The summed E-state index contributed by atoms with van der Waals surface area (Å²) in [6, 6.07) is 13.6. The van der Waals surface area contributed by atoms with Gasteiger partial charge >= 0.3 is 0 Å². The Morgan fingerprint density at radius 2 is 2.04 bits per heavy atom. The van der Waals surface area contributed by atoms with Crippen molar-refractivity contribution in [3.63, 3.8) is 0 Å². The first kappa shape index (κ1) is 17.1. The Balaban J connectivity index is 1.44. The van der Waals surface area contributed by atoms with Crippen molar-refractivity contribution in [3.8, 4) is 5.69 Å². The average Bonchev–Trinajstić information content (AvgIpc) is 3.27. The van der Waals surface area contributed by atoms with Gasteiger partial charge in [0.25, 0.3) is 0 Å². The molecule has 3 aromatic rings. The Hall–Kier alpha value is -3.01. The number of hydrogen-bond acceptors (Lipinski definition) is 3. The summed E-state index contributed by atoms with van der Waals surface area (Å²) in [6.45, 7) is 2.33. The van der Waals surface area contributed by atoms with E-state index in [-0.39, 0.29) is 11.2 Å². The summed E-state index contributed by atoms with van der Waals surface area (Å²) in [4.78, 5) is 17.0. The van der Waals surface area contributed by atoms with Gasteiger partial charge in [-0.3, -0.25) is 9.78 Å². The highest BCUT2D eigenvalue weighted by Crippen LogP contribution is 2.54. The lowest BCUT2D eigenvalue weighted by molar-refractivity contribution is 0.0930. The van der Waals surface area contributed by atoms with Crippen molar-refractivity contribution >= 4 is 11.9 Å². The lowest BCUT2D eigenvalue weighted by Gasteiger charge is -2.35. The van der Waals surface area contributed by atoms with Gasteiger partial charge in [-0.2, -0.15) is 5.10 Å². The van der Waals surface area contributed by atoms with E-state index in [4.69, 9.17) is 0 Å². The highest BCUT2D eigenvalue weighted by molar-refractivity contribution is 5.96. The van der Waals surface area contributed by atoms with Crippen molar-refractivity contribution in [2.24, 2.45) is 11.3 Å². The highest BCUT2D eigenvalue weighted by Gasteiger charge is 2.46. The predicted octanol–water partition coefficient (Wildman–Crippen LogP) is 4.90. The molecule has 5 rings (SSSR count). The Bertz CT molecular complexity index is 1050. The van der Waals surface area contributed by atoms with Gasteiger partial charge in [0, 0.05) is 18.2 Å². The third-order valence-corrected chi connectivity index (χ3v) is 6.57. The molecule has 2 heterocycles. The van der Waals surface area contributed by atoms with E-state index in [1.165, 1.54) is 11.1 Å². The molecule has 0 unspecified atom stereocenters. The number of allylic oxidation sites excluding steroid dienone is 1. The van der Waals surface area contributed by atoms with E-state index in [0.717, 1.165) is 36.2 Å². The molecule has 1 saturated carbocycles.